The van der Waals surface area contributed by atoms with Gasteiger partial charge in [0.1, 0.15) is 6.04 Å². The summed E-state index contributed by atoms with van der Waals surface area (Å²) in [6, 6.07) is 12.6. The summed E-state index contributed by atoms with van der Waals surface area (Å²) >= 11 is 5.52. The van der Waals surface area contributed by atoms with Crippen LogP contribution in [0.5, 0.6) is 0 Å². The van der Waals surface area contributed by atoms with Crippen molar-refractivity contribution in [2.24, 2.45) is 17.8 Å². The van der Waals surface area contributed by atoms with Gasteiger partial charge in [-0.15, -0.1) is 24.9 Å². The third kappa shape index (κ3) is 5.53. The molecule has 9 heteroatoms. The van der Waals surface area contributed by atoms with E-state index in [0.29, 0.717) is 25.9 Å². The van der Waals surface area contributed by atoms with Crippen molar-refractivity contribution < 1.29 is 19.5 Å². The lowest BCUT2D eigenvalue weighted by Crippen LogP contribution is -2.58. The van der Waals surface area contributed by atoms with Gasteiger partial charge in [0.2, 0.25) is 11.8 Å². The van der Waals surface area contributed by atoms with Crippen molar-refractivity contribution >= 4 is 61.9 Å². The first-order valence-electron chi connectivity index (χ1n) is 15.7. The molecule has 0 saturated carbocycles. The Hall–Kier alpha value is -2.62. The van der Waals surface area contributed by atoms with Crippen LogP contribution in [0.4, 0.5) is 5.69 Å². The van der Waals surface area contributed by atoms with Crippen molar-refractivity contribution in [1.29, 1.82) is 0 Å². The zero-order valence-electron chi connectivity index (χ0n) is 25.9. The molecule has 2 bridgehead atoms. The molecule has 1 spiro atoms. The Labute approximate surface area is 273 Å². The highest BCUT2D eigenvalue weighted by Crippen LogP contribution is 2.68. The number of alkyl halides is 1. The van der Waals surface area contributed by atoms with Crippen molar-refractivity contribution in [3.05, 3.63) is 67.8 Å². The Morgan fingerprint density at radius 3 is 2.48 bits per heavy atom. The number of thioether (sulfide) groups is 1. The zero-order valence-corrected chi connectivity index (χ0v) is 28.3. The van der Waals surface area contributed by atoms with E-state index in [1.54, 1.807) is 38.6 Å². The minimum Gasteiger partial charge on any atom is -0.394 e. The van der Waals surface area contributed by atoms with Gasteiger partial charge < -0.3 is 19.8 Å². The summed E-state index contributed by atoms with van der Waals surface area (Å²) in [6.07, 6.45) is 5.37. The molecule has 7 nitrogen and oxygen atoms in total. The first-order valence-corrected chi connectivity index (χ1v) is 17.5. The first-order chi connectivity index (χ1) is 21.1. The molecule has 3 unspecified atom stereocenters. The maximum atomic E-state index is 15.0. The highest BCUT2D eigenvalue weighted by molar-refractivity contribution is 9.09. The number of carbonyl (C=O) groups is 3. The molecule has 0 aliphatic carbocycles. The van der Waals surface area contributed by atoms with Crippen molar-refractivity contribution in [3.63, 3.8) is 0 Å². The number of benzene rings is 2. The molecule has 5 rings (SSSR count). The fourth-order valence-electron chi connectivity index (χ4n) is 7.71. The van der Waals surface area contributed by atoms with E-state index in [2.05, 4.69) is 42.9 Å². The van der Waals surface area contributed by atoms with Crippen molar-refractivity contribution in [2.45, 2.75) is 66.9 Å². The molecule has 236 valence electrons. The molecule has 1 N–H and O–H groups in total. The first kappa shape index (κ1) is 32.8. The molecule has 2 aromatic rings. The van der Waals surface area contributed by atoms with E-state index in [0.717, 1.165) is 22.9 Å². The molecule has 3 aliphatic heterocycles. The van der Waals surface area contributed by atoms with Gasteiger partial charge in [0.15, 0.2) is 0 Å². The lowest BCUT2D eigenvalue weighted by molar-refractivity contribution is -0.145. The molecular formula is C35H44BrN3O4S. The van der Waals surface area contributed by atoms with Gasteiger partial charge in [-0.25, -0.2) is 0 Å². The number of anilines is 1. The highest BCUT2D eigenvalue weighted by atomic mass is 79.9. The predicted octanol–water partition coefficient (Wildman–Crippen LogP) is 5.66. The van der Waals surface area contributed by atoms with Gasteiger partial charge in [0.05, 0.1) is 29.2 Å². The Morgan fingerprint density at radius 2 is 1.84 bits per heavy atom. The van der Waals surface area contributed by atoms with E-state index in [-0.39, 0.29) is 46.9 Å². The standard InChI is InChI=1S/C35H44BrN3O4S/c1-6-15-37(16-7-2)32(41)28-29-33(42)39(26(21-40)18-22(4)5)31(35(29)20-27(36)30(28)44-35)34(43)38(17-8-3)25-14-13-23-11-9-10-12-24(23)19-25/h6,8-14,19,22,26-31,40H,1,3,7,15-18,20-21H2,2,4-5H3/t26-,27?,28+,29+,30+,31?,35?/m1/s1. The van der Waals surface area contributed by atoms with Gasteiger partial charge in [0, 0.05) is 35.4 Å². The molecule has 0 radical (unpaired) electrons. The molecule has 2 aromatic carbocycles. The number of likely N-dealkylation sites (tertiary alicyclic amines) is 1. The Morgan fingerprint density at radius 1 is 1.14 bits per heavy atom. The van der Waals surface area contributed by atoms with E-state index >= 15 is 4.79 Å². The van der Waals surface area contributed by atoms with Crippen molar-refractivity contribution in [3.8, 4) is 0 Å². The van der Waals surface area contributed by atoms with Crippen LogP contribution >= 0.6 is 27.7 Å². The molecule has 3 fully saturated rings. The number of rotatable bonds is 13. The number of halogens is 1. The van der Waals surface area contributed by atoms with Crippen LogP contribution < -0.4 is 4.90 Å². The number of nitrogens with zero attached hydrogens (tertiary/aromatic N) is 3. The number of amides is 3. The van der Waals surface area contributed by atoms with E-state index in [9.17, 15) is 14.7 Å². The Kier molecular flexibility index (Phi) is 9.97. The van der Waals surface area contributed by atoms with E-state index < -0.39 is 28.7 Å². The quantitative estimate of drug-likeness (QED) is 0.218. The topological polar surface area (TPSA) is 81.2 Å². The summed E-state index contributed by atoms with van der Waals surface area (Å²) < 4.78 is -0.805. The summed E-state index contributed by atoms with van der Waals surface area (Å²) in [5.41, 5.74) is 0.728. The maximum Gasteiger partial charge on any atom is 0.251 e. The van der Waals surface area contributed by atoms with E-state index in [1.807, 2.05) is 49.4 Å². The Balaban J connectivity index is 1.63. The van der Waals surface area contributed by atoms with Crippen LogP contribution in [0.1, 0.15) is 40.0 Å². The fourth-order valence-corrected chi connectivity index (χ4v) is 11.3. The summed E-state index contributed by atoms with van der Waals surface area (Å²) in [6.45, 7) is 14.9. The largest absolute Gasteiger partial charge is 0.394 e. The number of fused-ring (bicyclic) bond motifs is 2. The molecule has 3 amide bonds. The molecule has 7 atom stereocenters. The third-order valence-electron chi connectivity index (χ3n) is 9.37. The van der Waals surface area contributed by atoms with E-state index in [1.165, 1.54) is 0 Å². The van der Waals surface area contributed by atoms with Crippen LogP contribution in [0.3, 0.4) is 0 Å². The zero-order chi connectivity index (χ0) is 31.8. The predicted molar refractivity (Wildman–Crippen MR) is 183 cm³/mol. The normalized spacial score (nSPS) is 27.9. The minimum absolute atomic E-state index is 0.0286. The second-order valence-electron chi connectivity index (χ2n) is 12.7. The van der Waals surface area contributed by atoms with Crippen molar-refractivity contribution in [2.75, 3.05) is 31.1 Å². The van der Waals surface area contributed by atoms with Gasteiger partial charge in [-0.05, 0) is 48.1 Å². The van der Waals surface area contributed by atoms with Crippen LogP contribution in [0.2, 0.25) is 0 Å². The molecule has 0 aromatic heterocycles. The lowest BCUT2D eigenvalue weighted by atomic mass is 9.70. The third-order valence-corrected chi connectivity index (χ3v) is 12.6. The van der Waals surface area contributed by atoms with Gasteiger partial charge in [0.25, 0.3) is 5.91 Å². The van der Waals surface area contributed by atoms with Crippen LogP contribution in [0.15, 0.2) is 67.8 Å². The SMILES string of the molecule is C=CCN(CCC)C(=O)[C@H]1[C@H]2C(=O)N([C@@H](CO)CC(C)C)C(C(=O)N(CC=C)c3ccc4ccccc4c3)C23CC(Br)[C@@H]1S3. The summed E-state index contributed by atoms with van der Waals surface area (Å²) in [5, 5.41) is 12.6. The second-order valence-corrected chi connectivity index (χ2v) is 15.4. The average Bonchev–Trinajstić information content (AvgIpc) is 3.60. The summed E-state index contributed by atoms with van der Waals surface area (Å²) in [4.78, 5) is 49.2. The number of hydrogen-bond acceptors (Lipinski definition) is 5. The monoisotopic (exact) mass is 681 g/mol. The van der Waals surface area contributed by atoms with Crippen LogP contribution in [-0.4, -0.2) is 85.8 Å². The number of aliphatic hydroxyl groups excluding tert-OH is 1. The highest BCUT2D eigenvalue weighted by Gasteiger charge is 2.76. The molecule has 44 heavy (non-hydrogen) atoms. The lowest BCUT2D eigenvalue weighted by Gasteiger charge is -2.40. The molecule has 3 saturated heterocycles. The molecule has 3 heterocycles. The smallest absolute Gasteiger partial charge is 0.251 e. The van der Waals surface area contributed by atoms with Crippen LogP contribution in [0.25, 0.3) is 10.8 Å². The number of hydrogen-bond donors (Lipinski definition) is 1. The van der Waals surface area contributed by atoms with Crippen LogP contribution in [-0.2, 0) is 14.4 Å². The van der Waals surface area contributed by atoms with Crippen LogP contribution in [0, 0.1) is 17.8 Å². The number of aliphatic hydroxyl groups is 1. The average molecular weight is 683 g/mol. The molecular weight excluding hydrogens is 638 g/mol. The summed E-state index contributed by atoms with van der Waals surface area (Å²) in [5.74, 6) is -1.47. The van der Waals surface area contributed by atoms with Crippen molar-refractivity contribution in [1.82, 2.24) is 9.80 Å². The molecule has 3 aliphatic rings. The summed E-state index contributed by atoms with van der Waals surface area (Å²) in [7, 11) is 0. The number of carbonyl (C=O) groups excluding carboxylic acids is 3. The van der Waals surface area contributed by atoms with Gasteiger partial charge >= 0.3 is 0 Å². The van der Waals surface area contributed by atoms with Gasteiger partial charge in [-0.2, -0.15) is 0 Å². The van der Waals surface area contributed by atoms with Gasteiger partial charge in [-0.1, -0.05) is 79.2 Å². The van der Waals surface area contributed by atoms with Gasteiger partial charge in [-0.3, -0.25) is 14.4 Å². The minimum atomic E-state index is -0.839. The fraction of sp³-hybridized carbons (Fsp3) is 0.514. The van der Waals surface area contributed by atoms with E-state index in [4.69, 9.17) is 0 Å². The maximum absolute atomic E-state index is 15.0. The Bertz CT molecular complexity index is 1430. The second kappa shape index (κ2) is 13.4.